The topological polar surface area (TPSA) is 41.9 Å². The van der Waals surface area contributed by atoms with Crippen molar-refractivity contribution in [2.24, 2.45) is 0 Å². The molecule has 0 aromatic heterocycles. The van der Waals surface area contributed by atoms with Gasteiger partial charge in [0.1, 0.15) is 29.5 Å². The van der Waals surface area contributed by atoms with Crippen molar-refractivity contribution in [2.75, 3.05) is 19.7 Å². The summed E-state index contributed by atoms with van der Waals surface area (Å²) in [4.78, 5) is 2.27. The van der Waals surface area contributed by atoms with E-state index in [-0.39, 0.29) is 12.4 Å². The maximum atomic E-state index is 13.0. The van der Waals surface area contributed by atoms with Crippen LogP contribution in [0.25, 0.3) is 0 Å². The van der Waals surface area contributed by atoms with Gasteiger partial charge in [-0.25, -0.2) is 4.39 Å². The van der Waals surface area contributed by atoms with Gasteiger partial charge in [0.15, 0.2) is 0 Å². The average molecular weight is 400 g/mol. The second-order valence-corrected chi connectivity index (χ2v) is 8.45. The van der Waals surface area contributed by atoms with Gasteiger partial charge in [0.2, 0.25) is 0 Å². The van der Waals surface area contributed by atoms with Crippen LogP contribution in [0.1, 0.15) is 44.1 Å². The molecule has 0 radical (unpaired) electrons. The summed E-state index contributed by atoms with van der Waals surface area (Å²) in [6.45, 7) is 2.50. The van der Waals surface area contributed by atoms with Crippen LogP contribution in [-0.2, 0) is 6.54 Å². The minimum atomic E-state index is -0.898. The van der Waals surface area contributed by atoms with Crippen LogP contribution in [0.3, 0.4) is 0 Å². The lowest BCUT2D eigenvalue weighted by molar-refractivity contribution is -0.0621. The second kappa shape index (κ2) is 9.14. The predicted octanol–water partition coefficient (Wildman–Crippen LogP) is 4.55. The molecule has 29 heavy (non-hydrogen) atoms. The SMILES string of the molecule is OC1(COc2ccc(F)cc2)CCCN(Cc2cccc(OC3CCCC3)c2)C1. The number of nitrogens with zero attached hydrogens (tertiary/aromatic N) is 1. The monoisotopic (exact) mass is 399 g/mol. The first kappa shape index (κ1) is 20.2. The van der Waals surface area contributed by atoms with Gasteiger partial charge >= 0.3 is 0 Å². The second-order valence-electron chi connectivity index (χ2n) is 8.45. The fourth-order valence-corrected chi connectivity index (χ4v) is 4.38. The molecule has 1 saturated carbocycles. The fourth-order valence-electron chi connectivity index (χ4n) is 4.38. The van der Waals surface area contributed by atoms with Crippen molar-refractivity contribution in [3.8, 4) is 11.5 Å². The average Bonchev–Trinajstić information content (AvgIpc) is 3.21. The standard InChI is InChI=1S/C24H30FNO3/c25-20-9-11-21(12-10-20)28-18-24(27)13-4-14-26(17-24)16-19-5-3-8-23(15-19)29-22-6-1-2-7-22/h3,5,8-12,15,22,27H,1-2,4,6-7,13-14,16-18H2. The highest BCUT2D eigenvalue weighted by molar-refractivity contribution is 5.29. The predicted molar refractivity (Wildman–Crippen MR) is 111 cm³/mol. The molecule has 0 bridgehead atoms. The van der Waals surface area contributed by atoms with E-state index in [9.17, 15) is 9.50 Å². The first-order valence-corrected chi connectivity index (χ1v) is 10.7. The number of hydrogen-bond donors (Lipinski definition) is 1. The summed E-state index contributed by atoms with van der Waals surface area (Å²) in [7, 11) is 0. The van der Waals surface area contributed by atoms with E-state index < -0.39 is 5.60 Å². The highest BCUT2D eigenvalue weighted by Crippen LogP contribution is 2.27. The van der Waals surface area contributed by atoms with Crippen LogP contribution in [0, 0.1) is 5.82 Å². The fraction of sp³-hybridized carbons (Fsp3) is 0.500. The molecule has 1 unspecified atom stereocenters. The lowest BCUT2D eigenvalue weighted by atomic mass is 9.93. The lowest BCUT2D eigenvalue weighted by Crippen LogP contribution is -2.51. The highest BCUT2D eigenvalue weighted by Gasteiger charge is 2.34. The molecular formula is C24H30FNO3. The summed E-state index contributed by atoms with van der Waals surface area (Å²) >= 11 is 0. The number of hydrogen-bond acceptors (Lipinski definition) is 4. The van der Waals surface area contributed by atoms with E-state index in [0.717, 1.165) is 38.1 Å². The van der Waals surface area contributed by atoms with Gasteiger partial charge in [-0.05, 0) is 87.0 Å². The number of likely N-dealkylation sites (tertiary alicyclic amines) is 1. The van der Waals surface area contributed by atoms with Crippen LogP contribution in [0.4, 0.5) is 4.39 Å². The molecule has 2 aliphatic rings. The van der Waals surface area contributed by atoms with Crippen molar-refractivity contribution < 1.29 is 19.0 Å². The zero-order valence-corrected chi connectivity index (χ0v) is 16.9. The largest absolute Gasteiger partial charge is 0.491 e. The van der Waals surface area contributed by atoms with Crippen molar-refractivity contribution in [1.82, 2.24) is 4.90 Å². The smallest absolute Gasteiger partial charge is 0.123 e. The van der Waals surface area contributed by atoms with Crippen LogP contribution in [0.15, 0.2) is 48.5 Å². The lowest BCUT2D eigenvalue weighted by Gasteiger charge is -2.39. The molecule has 1 atom stereocenters. The summed E-state index contributed by atoms with van der Waals surface area (Å²) < 4.78 is 24.9. The van der Waals surface area contributed by atoms with Gasteiger partial charge < -0.3 is 14.6 Å². The third-order valence-electron chi connectivity index (χ3n) is 5.87. The Morgan fingerprint density at radius 1 is 1.03 bits per heavy atom. The van der Waals surface area contributed by atoms with Gasteiger partial charge in [0, 0.05) is 13.1 Å². The van der Waals surface area contributed by atoms with Gasteiger partial charge in [-0.3, -0.25) is 4.90 Å². The number of piperidine rings is 1. The summed E-state index contributed by atoms with van der Waals surface area (Å²) in [5.41, 5.74) is 0.300. The number of rotatable bonds is 7. The molecule has 0 amide bonds. The maximum Gasteiger partial charge on any atom is 0.123 e. The quantitative estimate of drug-likeness (QED) is 0.742. The molecule has 4 nitrogen and oxygen atoms in total. The number of benzene rings is 2. The summed E-state index contributed by atoms with van der Waals surface area (Å²) in [6, 6.07) is 14.2. The molecule has 1 saturated heterocycles. The molecule has 1 aliphatic carbocycles. The van der Waals surface area contributed by atoms with Crippen molar-refractivity contribution in [1.29, 1.82) is 0 Å². The Hall–Kier alpha value is -2.11. The van der Waals surface area contributed by atoms with E-state index in [4.69, 9.17) is 9.47 Å². The molecule has 2 aromatic rings. The highest BCUT2D eigenvalue weighted by atomic mass is 19.1. The zero-order chi connectivity index (χ0) is 20.1. The van der Waals surface area contributed by atoms with Crippen LogP contribution in [-0.4, -0.2) is 41.4 Å². The van der Waals surface area contributed by atoms with Crippen LogP contribution >= 0.6 is 0 Å². The van der Waals surface area contributed by atoms with Crippen molar-refractivity contribution in [2.45, 2.75) is 56.8 Å². The van der Waals surface area contributed by atoms with Gasteiger partial charge in [0.05, 0.1) is 6.10 Å². The maximum absolute atomic E-state index is 13.0. The van der Waals surface area contributed by atoms with Crippen molar-refractivity contribution in [3.63, 3.8) is 0 Å². The molecule has 1 N–H and O–H groups in total. The number of ether oxygens (including phenoxy) is 2. The Morgan fingerprint density at radius 2 is 1.83 bits per heavy atom. The van der Waals surface area contributed by atoms with E-state index in [0.29, 0.717) is 24.8 Å². The Kier molecular flexibility index (Phi) is 6.36. The molecule has 156 valence electrons. The Bertz CT molecular complexity index is 791. The summed E-state index contributed by atoms with van der Waals surface area (Å²) in [6.07, 6.45) is 6.80. The van der Waals surface area contributed by atoms with Crippen molar-refractivity contribution in [3.05, 3.63) is 59.9 Å². The van der Waals surface area contributed by atoms with E-state index in [1.54, 1.807) is 12.1 Å². The Labute approximate surface area is 172 Å². The van der Waals surface area contributed by atoms with Gasteiger partial charge in [0.25, 0.3) is 0 Å². The summed E-state index contributed by atoms with van der Waals surface area (Å²) in [5.74, 6) is 1.23. The molecule has 1 aliphatic heterocycles. The van der Waals surface area contributed by atoms with Crippen molar-refractivity contribution >= 4 is 0 Å². The third-order valence-corrected chi connectivity index (χ3v) is 5.87. The van der Waals surface area contributed by atoms with Gasteiger partial charge in [-0.15, -0.1) is 0 Å². The first-order valence-electron chi connectivity index (χ1n) is 10.7. The molecular weight excluding hydrogens is 369 g/mol. The minimum Gasteiger partial charge on any atom is -0.491 e. The third kappa shape index (κ3) is 5.71. The first-order chi connectivity index (χ1) is 14.1. The van der Waals surface area contributed by atoms with E-state index >= 15 is 0 Å². The molecule has 0 spiro atoms. The number of halogens is 1. The molecule has 2 aromatic carbocycles. The molecule has 2 fully saturated rings. The molecule has 5 heteroatoms. The van der Waals surface area contributed by atoms with Gasteiger partial charge in [-0.2, -0.15) is 0 Å². The van der Waals surface area contributed by atoms with E-state index in [2.05, 4.69) is 17.0 Å². The van der Waals surface area contributed by atoms with E-state index in [1.807, 2.05) is 12.1 Å². The normalized spacial score (nSPS) is 23.2. The van der Waals surface area contributed by atoms with Crippen LogP contribution in [0.5, 0.6) is 11.5 Å². The van der Waals surface area contributed by atoms with Crippen LogP contribution < -0.4 is 9.47 Å². The van der Waals surface area contributed by atoms with Crippen LogP contribution in [0.2, 0.25) is 0 Å². The minimum absolute atomic E-state index is 0.208. The molecule has 4 rings (SSSR count). The summed E-state index contributed by atoms with van der Waals surface area (Å²) in [5, 5.41) is 11.0. The zero-order valence-electron chi connectivity index (χ0n) is 16.9. The number of β-amino-alcohol motifs (C(OH)–C–C–N with tert-alkyl or cyclic N) is 1. The Morgan fingerprint density at radius 3 is 2.62 bits per heavy atom. The number of aliphatic hydroxyl groups is 1. The molecule has 1 heterocycles. The van der Waals surface area contributed by atoms with Gasteiger partial charge in [-0.1, -0.05) is 12.1 Å². The van der Waals surface area contributed by atoms with E-state index in [1.165, 1.54) is 30.5 Å². The Balaban J connectivity index is 1.32.